The maximum absolute atomic E-state index is 12.2. The Balaban J connectivity index is 1.42. The molecule has 6 rings (SSSR count). The molecule has 7 nitrogen and oxygen atoms in total. The third-order valence-electron chi connectivity index (χ3n) is 8.04. The van der Waals surface area contributed by atoms with Crippen LogP contribution in [0.2, 0.25) is 5.02 Å². The lowest BCUT2D eigenvalue weighted by molar-refractivity contribution is -0.141. The quantitative estimate of drug-likeness (QED) is 0.468. The van der Waals surface area contributed by atoms with E-state index in [2.05, 4.69) is 20.9 Å². The summed E-state index contributed by atoms with van der Waals surface area (Å²) in [4.78, 5) is 28.4. The van der Waals surface area contributed by atoms with E-state index in [1.165, 1.54) is 5.00 Å². The van der Waals surface area contributed by atoms with E-state index in [0.717, 1.165) is 79.5 Å². The zero-order chi connectivity index (χ0) is 25.7. The molecule has 0 atom stereocenters. The van der Waals surface area contributed by atoms with Crippen LogP contribution < -0.4 is 9.80 Å². The molecule has 37 heavy (non-hydrogen) atoms. The molecule has 3 aromatic rings. The van der Waals surface area contributed by atoms with Gasteiger partial charge in [-0.1, -0.05) is 36.7 Å². The highest BCUT2D eigenvalue weighted by molar-refractivity contribution is 7.14. The van der Waals surface area contributed by atoms with Crippen molar-refractivity contribution >= 4 is 39.7 Å². The minimum atomic E-state index is 0.0888. The first kappa shape index (κ1) is 24.2. The summed E-state index contributed by atoms with van der Waals surface area (Å²) in [5, 5.41) is 12.3. The van der Waals surface area contributed by atoms with Crippen LogP contribution in [0.4, 0.5) is 10.8 Å². The van der Waals surface area contributed by atoms with Crippen molar-refractivity contribution < 1.29 is 4.79 Å². The number of aromatic nitrogens is 2. The van der Waals surface area contributed by atoms with E-state index in [4.69, 9.17) is 16.6 Å². The number of amides is 1. The Bertz CT molecular complexity index is 1420. The second-order valence-corrected chi connectivity index (χ2v) is 11.6. The van der Waals surface area contributed by atoms with Crippen LogP contribution in [0.25, 0.3) is 11.1 Å². The van der Waals surface area contributed by atoms with Gasteiger partial charge in [0.25, 0.3) is 0 Å². The molecule has 0 radical (unpaired) electrons. The fraction of sp³-hybridized carbons (Fsp3) is 0.429. The second-order valence-electron chi connectivity index (χ2n) is 10.4. The van der Waals surface area contributed by atoms with Gasteiger partial charge in [-0.15, -0.1) is 11.3 Å². The molecule has 2 aromatic heterocycles. The highest BCUT2D eigenvalue weighted by Gasteiger charge is 2.49. The zero-order valence-corrected chi connectivity index (χ0v) is 22.7. The fourth-order valence-electron chi connectivity index (χ4n) is 6.17. The molecular weight excluding hydrogens is 504 g/mol. The predicted molar refractivity (Wildman–Crippen MR) is 147 cm³/mol. The van der Waals surface area contributed by atoms with E-state index in [1.54, 1.807) is 11.3 Å². The van der Waals surface area contributed by atoms with Crippen molar-refractivity contribution in [3.63, 3.8) is 0 Å². The van der Waals surface area contributed by atoms with Gasteiger partial charge in [0.15, 0.2) is 0 Å². The average molecular weight is 533 g/mol. The fourth-order valence-corrected chi connectivity index (χ4v) is 7.24. The second kappa shape index (κ2) is 9.30. The number of benzene rings is 1. The van der Waals surface area contributed by atoms with Crippen molar-refractivity contribution in [3.05, 3.63) is 57.3 Å². The topological polar surface area (TPSA) is 76.4 Å². The van der Waals surface area contributed by atoms with Crippen molar-refractivity contribution in [2.24, 2.45) is 5.41 Å². The Labute approximate surface area is 226 Å². The van der Waals surface area contributed by atoms with Gasteiger partial charge in [-0.25, -0.2) is 9.97 Å². The molecule has 1 aromatic carbocycles. The molecule has 3 aliphatic rings. The number of aryl methyl sites for hydroxylation is 1. The minimum absolute atomic E-state index is 0.0888. The molecule has 0 saturated carbocycles. The summed E-state index contributed by atoms with van der Waals surface area (Å²) in [5.41, 5.74) is 7.54. The Morgan fingerprint density at radius 3 is 2.73 bits per heavy atom. The third kappa shape index (κ3) is 4.05. The summed E-state index contributed by atoms with van der Waals surface area (Å²) in [7, 11) is 0. The molecule has 0 unspecified atom stereocenters. The molecule has 0 bridgehead atoms. The van der Waals surface area contributed by atoms with Crippen molar-refractivity contribution in [2.45, 2.75) is 39.7 Å². The van der Waals surface area contributed by atoms with Gasteiger partial charge in [0.1, 0.15) is 22.5 Å². The van der Waals surface area contributed by atoms with E-state index in [0.29, 0.717) is 23.6 Å². The number of nitriles is 1. The van der Waals surface area contributed by atoms with Crippen LogP contribution in [-0.2, 0) is 17.8 Å². The standard InChI is InChI=1S/C28H29ClN6OS/c1-3-24(36)35-15-28(16-35)9-11-34(14-28)26-21(12-30)25(19-6-4-5-7-22(19)29)20-8-10-33(13-23(20)32-26)27-18(2)31-17-37-27/h4-7,17H,3,8-11,13-16H2,1-2H3. The summed E-state index contributed by atoms with van der Waals surface area (Å²) < 4.78 is 0. The number of pyridine rings is 1. The molecule has 2 fully saturated rings. The maximum atomic E-state index is 12.2. The summed E-state index contributed by atoms with van der Waals surface area (Å²) in [5.74, 6) is 0.962. The Morgan fingerprint density at radius 2 is 2.03 bits per heavy atom. The van der Waals surface area contributed by atoms with Crippen molar-refractivity contribution in [1.82, 2.24) is 14.9 Å². The SMILES string of the molecule is CCC(=O)N1CC2(CCN(c3nc4c(c(-c5ccccc5Cl)c3C#N)CCN(c3scnc3C)C4)C2)C1. The Morgan fingerprint density at radius 1 is 1.22 bits per heavy atom. The van der Waals surface area contributed by atoms with Crippen LogP contribution in [0.15, 0.2) is 29.8 Å². The number of nitrogens with zero attached hydrogens (tertiary/aromatic N) is 6. The molecule has 0 aliphatic carbocycles. The first-order valence-corrected chi connectivity index (χ1v) is 14.1. The van der Waals surface area contributed by atoms with Gasteiger partial charge in [0, 0.05) is 60.7 Å². The lowest BCUT2D eigenvalue weighted by Gasteiger charge is -2.48. The normalized spacial score (nSPS) is 18.1. The van der Waals surface area contributed by atoms with Gasteiger partial charge in [-0.3, -0.25) is 4.79 Å². The van der Waals surface area contributed by atoms with Gasteiger partial charge in [0.05, 0.1) is 23.4 Å². The summed E-state index contributed by atoms with van der Waals surface area (Å²) in [6, 6.07) is 10.3. The van der Waals surface area contributed by atoms with Crippen LogP contribution in [0.5, 0.6) is 0 Å². The summed E-state index contributed by atoms with van der Waals surface area (Å²) in [6.07, 6.45) is 2.33. The number of carbonyl (C=O) groups is 1. The summed E-state index contributed by atoms with van der Waals surface area (Å²) in [6.45, 7) is 8.69. The molecule has 0 N–H and O–H groups in total. The monoisotopic (exact) mass is 532 g/mol. The zero-order valence-electron chi connectivity index (χ0n) is 21.1. The third-order valence-corrected chi connectivity index (χ3v) is 9.36. The maximum Gasteiger partial charge on any atom is 0.222 e. The summed E-state index contributed by atoms with van der Waals surface area (Å²) >= 11 is 8.37. The van der Waals surface area contributed by atoms with Gasteiger partial charge in [0.2, 0.25) is 5.91 Å². The van der Waals surface area contributed by atoms with E-state index in [-0.39, 0.29) is 11.3 Å². The molecule has 9 heteroatoms. The van der Waals surface area contributed by atoms with E-state index in [1.807, 2.05) is 48.5 Å². The molecule has 1 amide bonds. The lowest BCUT2D eigenvalue weighted by atomic mass is 9.79. The van der Waals surface area contributed by atoms with Gasteiger partial charge in [-0.2, -0.15) is 5.26 Å². The lowest BCUT2D eigenvalue weighted by Crippen LogP contribution is -2.59. The van der Waals surface area contributed by atoms with E-state index in [9.17, 15) is 10.1 Å². The number of carbonyl (C=O) groups excluding carboxylic acids is 1. The van der Waals surface area contributed by atoms with Gasteiger partial charge >= 0.3 is 0 Å². The van der Waals surface area contributed by atoms with Crippen LogP contribution in [-0.4, -0.2) is 53.5 Å². The molecule has 5 heterocycles. The molecular formula is C28H29ClN6OS. The van der Waals surface area contributed by atoms with Crippen LogP contribution in [0.3, 0.4) is 0 Å². The van der Waals surface area contributed by atoms with Gasteiger partial charge in [-0.05, 0) is 31.4 Å². The van der Waals surface area contributed by atoms with E-state index < -0.39 is 0 Å². The number of hydrogen-bond acceptors (Lipinski definition) is 7. The molecule has 3 aliphatic heterocycles. The number of hydrogen-bond donors (Lipinski definition) is 0. The van der Waals surface area contributed by atoms with Gasteiger partial charge < -0.3 is 14.7 Å². The first-order chi connectivity index (χ1) is 17.9. The number of likely N-dealkylation sites (tertiary alicyclic amines) is 1. The van der Waals surface area contributed by atoms with Crippen molar-refractivity contribution in [2.75, 3.05) is 42.5 Å². The average Bonchev–Trinajstić information content (AvgIpc) is 3.53. The highest BCUT2D eigenvalue weighted by atomic mass is 35.5. The minimum Gasteiger partial charge on any atom is -0.356 e. The first-order valence-electron chi connectivity index (χ1n) is 12.8. The highest BCUT2D eigenvalue weighted by Crippen LogP contribution is 2.45. The Kier molecular flexibility index (Phi) is 6.09. The largest absolute Gasteiger partial charge is 0.356 e. The van der Waals surface area contributed by atoms with Crippen molar-refractivity contribution in [1.29, 1.82) is 5.26 Å². The van der Waals surface area contributed by atoms with E-state index >= 15 is 0 Å². The van der Waals surface area contributed by atoms with Crippen LogP contribution in [0, 0.1) is 23.7 Å². The van der Waals surface area contributed by atoms with Crippen LogP contribution in [0.1, 0.15) is 42.3 Å². The number of thiazole rings is 1. The van der Waals surface area contributed by atoms with Crippen LogP contribution >= 0.6 is 22.9 Å². The predicted octanol–water partition coefficient (Wildman–Crippen LogP) is 5.05. The Hall–Kier alpha value is -3.15. The number of fused-ring (bicyclic) bond motifs is 1. The number of halogens is 1. The molecule has 2 saturated heterocycles. The molecule has 1 spiro atoms. The smallest absolute Gasteiger partial charge is 0.222 e. The van der Waals surface area contributed by atoms with Crippen molar-refractivity contribution in [3.8, 4) is 17.2 Å². The number of rotatable bonds is 4. The molecule has 190 valence electrons. The number of anilines is 2.